The van der Waals surface area contributed by atoms with Gasteiger partial charge in [0.2, 0.25) is 0 Å². The summed E-state index contributed by atoms with van der Waals surface area (Å²) in [6.45, 7) is 4.71. The summed E-state index contributed by atoms with van der Waals surface area (Å²) in [5, 5.41) is 10.5. The number of hydrogen-bond acceptors (Lipinski definition) is 4. The van der Waals surface area contributed by atoms with Gasteiger partial charge >= 0.3 is 0 Å². The normalized spacial score (nSPS) is 12.4. The smallest absolute Gasteiger partial charge is 0.0555 e. The summed E-state index contributed by atoms with van der Waals surface area (Å²) >= 11 is 3.80. The van der Waals surface area contributed by atoms with Crippen LogP contribution in [0.25, 0.3) is 140 Å². The predicted octanol–water partition coefficient (Wildman–Crippen LogP) is 28.6. The van der Waals surface area contributed by atoms with Crippen LogP contribution in [-0.2, 0) is 5.41 Å². The van der Waals surface area contributed by atoms with E-state index in [1.165, 1.54) is 140 Å². The molecule has 1 aliphatic rings. The molecule has 16 aromatic carbocycles. The van der Waals surface area contributed by atoms with E-state index in [0.29, 0.717) is 0 Å². The van der Waals surface area contributed by atoms with Crippen molar-refractivity contribution in [1.29, 1.82) is 0 Å². The van der Waals surface area contributed by atoms with Gasteiger partial charge in [0.15, 0.2) is 0 Å². The second-order valence-electron chi connectivity index (χ2n) is 27.9. The van der Waals surface area contributed by atoms with Crippen LogP contribution < -0.4 is 9.80 Å². The third-order valence-corrected chi connectivity index (χ3v) is 24.0. The molecule has 0 saturated carbocycles. The van der Waals surface area contributed by atoms with Gasteiger partial charge in [-0.15, -0.1) is 22.7 Å². The Labute approximate surface area is 617 Å². The van der Waals surface area contributed by atoms with Crippen molar-refractivity contribution >= 4 is 141 Å². The molecule has 1 aliphatic carbocycles. The van der Waals surface area contributed by atoms with Crippen LogP contribution in [0.2, 0.25) is 0 Å². The zero-order valence-corrected chi connectivity index (χ0v) is 59.5. The highest BCUT2D eigenvalue weighted by Crippen LogP contribution is 2.52. The Hall–Kier alpha value is -12.8. The fourth-order valence-electron chi connectivity index (χ4n) is 16.6. The molecule has 20 aromatic rings. The van der Waals surface area contributed by atoms with Gasteiger partial charge in [0.1, 0.15) is 0 Å². The topological polar surface area (TPSA) is 16.3 Å². The summed E-state index contributed by atoms with van der Waals surface area (Å²) < 4.78 is 10.2. The van der Waals surface area contributed by atoms with Gasteiger partial charge in [0, 0.05) is 113 Å². The molecule has 496 valence electrons. The molecule has 0 N–H and O–H groups in total. The van der Waals surface area contributed by atoms with Crippen LogP contribution in [0.5, 0.6) is 0 Å². The summed E-state index contributed by atoms with van der Waals surface area (Å²) in [4.78, 5) is 4.71. The van der Waals surface area contributed by atoms with E-state index in [1.54, 1.807) is 0 Å². The van der Waals surface area contributed by atoms with Crippen molar-refractivity contribution in [2.45, 2.75) is 19.3 Å². The molecule has 105 heavy (non-hydrogen) atoms. The van der Waals surface area contributed by atoms with E-state index >= 15 is 0 Å². The van der Waals surface area contributed by atoms with Gasteiger partial charge in [-0.2, -0.15) is 0 Å². The van der Waals surface area contributed by atoms with Crippen LogP contribution in [-0.4, -0.2) is 9.13 Å². The van der Waals surface area contributed by atoms with Crippen LogP contribution in [0.1, 0.15) is 25.0 Å². The maximum Gasteiger partial charge on any atom is 0.0555 e. The predicted molar refractivity (Wildman–Crippen MR) is 451 cm³/mol. The first-order valence-electron chi connectivity index (χ1n) is 36.0. The molecule has 4 heterocycles. The number of fused-ring (bicyclic) bond motifs is 17. The fourth-order valence-corrected chi connectivity index (χ4v) is 19.1. The first-order chi connectivity index (χ1) is 51.8. The van der Waals surface area contributed by atoms with Crippen molar-refractivity contribution in [3.05, 3.63) is 387 Å². The maximum atomic E-state index is 2.45. The Bertz CT molecular complexity index is 6650. The molecule has 0 spiro atoms. The fraction of sp³-hybridized carbons (Fsp3) is 0.0303. The van der Waals surface area contributed by atoms with Crippen molar-refractivity contribution in [1.82, 2.24) is 9.13 Å². The third-order valence-electron chi connectivity index (χ3n) is 21.6. The van der Waals surface area contributed by atoms with Crippen LogP contribution in [0, 0.1) is 0 Å². The van der Waals surface area contributed by atoms with Crippen molar-refractivity contribution in [3.63, 3.8) is 0 Å². The zero-order chi connectivity index (χ0) is 69.7. The lowest BCUT2D eigenvalue weighted by Gasteiger charge is -2.28. The highest BCUT2D eigenvalue weighted by atomic mass is 32.1. The zero-order valence-electron chi connectivity index (χ0n) is 57.9. The second-order valence-corrected chi connectivity index (χ2v) is 30.0. The number of thiophene rings is 2. The standard InChI is InChI=1S/C51H36N2S.C48H32N2S/c1-51(2)44-17-9-6-14-39(44)40-29-28-38(32-45(40)51)52(35-22-20-34(21-23-35)33-12-4-3-5-13-33)36-24-26-37(27-25-36)53-46-18-10-7-16-43(46)49-47(53)31-30-42-41-15-8-11-19-48(41)54-50(42)49;1-4-12-33(13-5-1)36-24-29-43-45(32-36)50(44-31-30-42-41-18-10-11-19-46(41)51-48(42)47(43)44)40-27-22-35(23-28-40)34-20-25-39(26-21-34)49(37-14-6-2-7-15-37)38-16-8-3-9-17-38/h3-32H,1-2H3;1-32H. The summed E-state index contributed by atoms with van der Waals surface area (Å²) in [7, 11) is 0. The number of nitrogens with zero attached hydrogens (tertiary/aromatic N) is 4. The summed E-state index contributed by atoms with van der Waals surface area (Å²) in [6, 6.07) is 137. The van der Waals surface area contributed by atoms with E-state index in [1.807, 2.05) is 22.7 Å². The molecule has 0 atom stereocenters. The highest BCUT2D eigenvalue weighted by Gasteiger charge is 2.36. The first-order valence-corrected chi connectivity index (χ1v) is 37.7. The van der Waals surface area contributed by atoms with Gasteiger partial charge in [-0.1, -0.05) is 257 Å². The lowest BCUT2D eigenvalue weighted by atomic mass is 9.82. The maximum absolute atomic E-state index is 2.45. The molecule has 0 aliphatic heterocycles. The third kappa shape index (κ3) is 10.5. The van der Waals surface area contributed by atoms with Crippen molar-refractivity contribution in [2.75, 3.05) is 9.80 Å². The summed E-state index contributed by atoms with van der Waals surface area (Å²) in [5.74, 6) is 0. The lowest BCUT2D eigenvalue weighted by molar-refractivity contribution is 0.660. The number of anilines is 6. The second kappa shape index (κ2) is 25.3. The van der Waals surface area contributed by atoms with Gasteiger partial charge in [-0.3, -0.25) is 0 Å². The van der Waals surface area contributed by atoms with Crippen LogP contribution >= 0.6 is 22.7 Å². The SMILES string of the molecule is CC1(C)c2ccccc2-c2ccc(N(c3ccc(-c4ccccc4)cc3)c3ccc(-n4c5ccccc5c5c6sc7ccccc7c6ccc54)cc3)cc21.c1ccc(-c2ccc3c4c5sc6ccccc6c5ccc4n(-c4ccc(-c5ccc(N(c6ccccc6)c6ccccc6)cc5)cc4)c3c2)cc1. The molecular weight excluding hydrogens is 1310 g/mol. The monoisotopic (exact) mass is 1380 g/mol. The minimum Gasteiger partial charge on any atom is -0.311 e. The molecule has 4 aromatic heterocycles. The van der Waals surface area contributed by atoms with E-state index in [0.717, 1.165) is 45.5 Å². The van der Waals surface area contributed by atoms with Crippen molar-refractivity contribution in [2.24, 2.45) is 0 Å². The minimum absolute atomic E-state index is 0.0923. The molecule has 0 amide bonds. The quantitative estimate of drug-likeness (QED) is 0.128. The van der Waals surface area contributed by atoms with Crippen LogP contribution in [0.4, 0.5) is 34.1 Å². The Balaban J connectivity index is 0.000000140. The molecule has 0 radical (unpaired) electrons. The average molecular weight is 1380 g/mol. The van der Waals surface area contributed by atoms with Gasteiger partial charge in [0.05, 0.1) is 22.1 Å². The van der Waals surface area contributed by atoms with E-state index in [-0.39, 0.29) is 5.41 Å². The summed E-state index contributed by atoms with van der Waals surface area (Å²) in [5.41, 5.74) is 26.6. The lowest BCUT2D eigenvalue weighted by Crippen LogP contribution is -2.16. The molecule has 0 fully saturated rings. The van der Waals surface area contributed by atoms with E-state index in [9.17, 15) is 0 Å². The number of aromatic nitrogens is 2. The largest absolute Gasteiger partial charge is 0.311 e. The number of rotatable bonds is 11. The Morgan fingerprint density at radius 2 is 0.600 bits per heavy atom. The Morgan fingerprint density at radius 1 is 0.238 bits per heavy atom. The van der Waals surface area contributed by atoms with E-state index in [4.69, 9.17) is 0 Å². The van der Waals surface area contributed by atoms with Gasteiger partial charge in [0.25, 0.3) is 0 Å². The van der Waals surface area contributed by atoms with Gasteiger partial charge in [-0.25, -0.2) is 0 Å². The van der Waals surface area contributed by atoms with Crippen molar-refractivity contribution < 1.29 is 0 Å². The molecule has 6 heteroatoms. The molecule has 0 bridgehead atoms. The first kappa shape index (κ1) is 62.0. The molecule has 0 unspecified atom stereocenters. The molecule has 21 rings (SSSR count). The number of benzene rings is 16. The average Bonchev–Trinajstić information content (AvgIpc) is 1.57. The molecule has 4 nitrogen and oxygen atoms in total. The Morgan fingerprint density at radius 3 is 1.15 bits per heavy atom. The summed E-state index contributed by atoms with van der Waals surface area (Å²) in [6.07, 6.45) is 0. The number of hydrogen-bond donors (Lipinski definition) is 0. The molecule has 0 saturated heterocycles. The highest BCUT2D eigenvalue weighted by molar-refractivity contribution is 7.27. The van der Waals surface area contributed by atoms with Gasteiger partial charge in [-0.05, 0) is 189 Å². The molecular formula is C99H68N4S2. The minimum atomic E-state index is -0.0923. The van der Waals surface area contributed by atoms with E-state index < -0.39 is 0 Å². The van der Waals surface area contributed by atoms with Crippen LogP contribution in [0.3, 0.4) is 0 Å². The van der Waals surface area contributed by atoms with Crippen molar-refractivity contribution in [3.8, 4) is 55.9 Å². The van der Waals surface area contributed by atoms with Gasteiger partial charge < -0.3 is 18.9 Å². The van der Waals surface area contributed by atoms with E-state index in [2.05, 4.69) is 409 Å². The number of para-hydroxylation sites is 3. The Kier molecular flexibility index (Phi) is 14.9. The van der Waals surface area contributed by atoms with Crippen LogP contribution in [0.15, 0.2) is 376 Å².